The third-order valence-corrected chi connectivity index (χ3v) is 4.90. The van der Waals surface area contributed by atoms with Gasteiger partial charge in [-0.05, 0) is 61.1 Å². The lowest BCUT2D eigenvalue weighted by Gasteiger charge is -2.09. The lowest BCUT2D eigenvalue weighted by molar-refractivity contribution is 0.121. The van der Waals surface area contributed by atoms with Gasteiger partial charge in [-0.25, -0.2) is 0 Å². The lowest BCUT2D eigenvalue weighted by atomic mass is 10.1. The standard InChI is InChI=1S/C27H36O4/c1-4-5-6-8-23(18-20-31-22-25-12-16-27(29-3)17-13-25)9-7-19-30-21-24-10-14-26(28-2)15-11-24/h5-6,9-17H,4,7-8,18-22H2,1-3H3/b6-5+,23-9+. The maximum atomic E-state index is 5.89. The van der Waals surface area contributed by atoms with Crippen LogP contribution in [0.3, 0.4) is 0 Å². The van der Waals surface area contributed by atoms with Crippen LogP contribution in [-0.4, -0.2) is 27.4 Å². The molecule has 0 aliphatic heterocycles. The molecule has 2 rings (SSSR count). The molecular formula is C27H36O4. The van der Waals surface area contributed by atoms with E-state index in [4.69, 9.17) is 18.9 Å². The summed E-state index contributed by atoms with van der Waals surface area (Å²) in [6, 6.07) is 16.0. The van der Waals surface area contributed by atoms with E-state index in [0.29, 0.717) is 26.4 Å². The quantitative estimate of drug-likeness (QED) is 0.241. The molecule has 0 bridgehead atoms. The Hall–Kier alpha value is -2.56. The fourth-order valence-electron chi connectivity index (χ4n) is 3.06. The third-order valence-electron chi connectivity index (χ3n) is 4.90. The first-order chi connectivity index (χ1) is 15.2. The van der Waals surface area contributed by atoms with Crippen molar-refractivity contribution in [3.05, 3.63) is 83.5 Å². The maximum absolute atomic E-state index is 5.89. The van der Waals surface area contributed by atoms with Crippen LogP contribution in [0.5, 0.6) is 11.5 Å². The van der Waals surface area contributed by atoms with E-state index >= 15 is 0 Å². The normalized spacial score (nSPS) is 11.8. The van der Waals surface area contributed by atoms with E-state index in [-0.39, 0.29) is 0 Å². The summed E-state index contributed by atoms with van der Waals surface area (Å²) in [4.78, 5) is 0. The minimum Gasteiger partial charge on any atom is -0.497 e. The van der Waals surface area contributed by atoms with Crippen molar-refractivity contribution >= 4 is 0 Å². The first kappa shape index (κ1) is 24.7. The van der Waals surface area contributed by atoms with Crippen LogP contribution in [0, 0.1) is 0 Å². The Labute approximate surface area is 187 Å². The molecule has 168 valence electrons. The Morgan fingerprint density at radius 3 is 1.81 bits per heavy atom. The van der Waals surface area contributed by atoms with Gasteiger partial charge in [0.2, 0.25) is 0 Å². The number of rotatable bonds is 15. The van der Waals surface area contributed by atoms with Gasteiger partial charge in [0.25, 0.3) is 0 Å². The molecule has 0 saturated heterocycles. The lowest BCUT2D eigenvalue weighted by Crippen LogP contribution is -1.99. The van der Waals surface area contributed by atoms with E-state index in [1.165, 1.54) is 5.57 Å². The summed E-state index contributed by atoms with van der Waals surface area (Å²) in [7, 11) is 3.35. The molecule has 0 aliphatic carbocycles. The summed E-state index contributed by atoms with van der Waals surface area (Å²) >= 11 is 0. The summed E-state index contributed by atoms with van der Waals surface area (Å²) in [6.45, 7) is 4.82. The van der Waals surface area contributed by atoms with Crippen LogP contribution in [0.25, 0.3) is 0 Å². The summed E-state index contributed by atoms with van der Waals surface area (Å²) in [6.07, 6.45) is 10.6. The van der Waals surface area contributed by atoms with Crippen molar-refractivity contribution in [3.8, 4) is 11.5 Å². The van der Waals surface area contributed by atoms with Gasteiger partial charge in [-0.3, -0.25) is 0 Å². The second-order valence-corrected chi connectivity index (χ2v) is 7.29. The van der Waals surface area contributed by atoms with E-state index in [0.717, 1.165) is 48.3 Å². The molecule has 31 heavy (non-hydrogen) atoms. The van der Waals surface area contributed by atoms with E-state index in [1.807, 2.05) is 48.5 Å². The molecule has 0 radical (unpaired) electrons. The SMILES string of the molecule is CC/C=C/C/C(=C\CCOCc1ccc(OC)cc1)CCOCc1ccc(OC)cc1. The van der Waals surface area contributed by atoms with Crippen molar-refractivity contribution in [2.24, 2.45) is 0 Å². The predicted octanol–water partition coefficient (Wildman–Crippen LogP) is 6.50. The summed E-state index contributed by atoms with van der Waals surface area (Å²) in [5.74, 6) is 1.73. The van der Waals surface area contributed by atoms with E-state index < -0.39 is 0 Å². The molecule has 0 aliphatic rings. The van der Waals surface area contributed by atoms with Crippen LogP contribution in [0.15, 0.2) is 72.3 Å². The van der Waals surface area contributed by atoms with E-state index in [2.05, 4.69) is 25.2 Å². The molecule has 0 fully saturated rings. The number of methoxy groups -OCH3 is 2. The first-order valence-electron chi connectivity index (χ1n) is 11.0. The Balaban J connectivity index is 1.71. The average molecular weight is 425 g/mol. The summed E-state index contributed by atoms with van der Waals surface area (Å²) in [5, 5.41) is 0. The zero-order valence-corrected chi connectivity index (χ0v) is 19.1. The number of hydrogen-bond donors (Lipinski definition) is 0. The molecular weight excluding hydrogens is 388 g/mol. The van der Waals surface area contributed by atoms with E-state index in [1.54, 1.807) is 14.2 Å². The molecule has 4 heteroatoms. The molecule has 0 unspecified atom stereocenters. The summed E-state index contributed by atoms with van der Waals surface area (Å²) in [5.41, 5.74) is 3.71. The second-order valence-electron chi connectivity index (χ2n) is 7.29. The molecule has 0 saturated carbocycles. The molecule has 4 nitrogen and oxygen atoms in total. The van der Waals surface area contributed by atoms with Crippen LogP contribution in [0.1, 0.15) is 43.7 Å². The highest BCUT2D eigenvalue weighted by atomic mass is 16.5. The molecule has 0 heterocycles. The van der Waals surface area contributed by atoms with Crippen molar-refractivity contribution in [1.29, 1.82) is 0 Å². The fraction of sp³-hybridized carbons (Fsp3) is 0.407. The van der Waals surface area contributed by atoms with Gasteiger partial charge in [0.15, 0.2) is 0 Å². The molecule has 0 amide bonds. The van der Waals surface area contributed by atoms with Gasteiger partial charge >= 0.3 is 0 Å². The number of allylic oxidation sites excluding steroid dienone is 2. The van der Waals surface area contributed by atoms with Gasteiger partial charge in [-0.1, -0.05) is 55.0 Å². The van der Waals surface area contributed by atoms with Gasteiger partial charge in [0.05, 0.1) is 40.6 Å². The highest BCUT2D eigenvalue weighted by Gasteiger charge is 2.00. The largest absolute Gasteiger partial charge is 0.497 e. The van der Waals surface area contributed by atoms with Gasteiger partial charge in [-0.2, -0.15) is 0 Å². The van der Waals surface area contributed by atoms with Crippen molar-refractivity contribution in [1.82, 2.24) is 0 Å². The van der Waals surface area contributed by atoms with Crippen LogP contribution in [0.2, 0.25) is 0 Å². The number of hydrogen-bond acceptors (Lipinski definition) is 4. The molecule has 2 aromatic rings. The van der Waals surface area contributed by atoms with Crippen LogP contribution in [-0.2, 0) is 22.7 Å². The molecule has 0 atom stereocenters. The zero-order valence-electron chi connectivity index (χ0n) is 19.1. The van der Waals surface area contributed by atoms with E-state index in [9.17, 15) is 0 Å². The number of benzene rings is 2. The van der Waals surface area contributed by atoms with Gasteiger partial charge in [0, 0.05) is 0 Å². The van der Waals surface area contributed by atoms with Crippen molar-refractivity contribution < 1.29 is 18.9 Å². The predicted molar refractivity (Wildman–Crippen MR) is 127 cm³/mol. The first-order valence-corrected chi connectivity index (χ1v) is 11.0. The highest BCUT2D eigenvalue weighted by Crippen LogP contribution is 2.15. The van der Waals surface area contributed by atoms with Crippen LogP contribution < -0.4 is 9.47 Å². The smallest absolute Gasteiger partial charge is 0.118 e. The second kappa shape index (κ2) is 15.3. The minimum absolute atomic E-state index is 0.618. The third kappa shape index (κ3) is 10.3. The molecule has 0 aromatic heterocycles. The topological polar surface area (TPSA) is 36.9 Å². The van der Waals surface area contributed by atoms with Crippen LogP contribution in [0.4, 0.5) is 0 Å². The van der Waals surface area contributed by atoms with Crippen molar-refractivity contribution in [2.45, 2.75) is 45.8 Å². The summed E-state index contributed by atoms with van der Waals surface area (Å²) < 4.78 is 22.1. The van der Waals surface area contributed by atoms with Crippen LogP contribution >= 0.6 is 0 Å². The maximum Gasteiger partial charge on any atom is 0.118 e. The monoisotopic (exact) mass is 424 g/mol. The number of ether oxygens (including phenoxy) is 4. The Bertz CT molecular complexity index is 776. The average Bonchev–Trinajstić information content (AvgIpc) is 2.82. The Kier molecular flexibility index (Phi) is 12.2. The molecule has 0 N–H and O–H groups in total. The zero-order chi connectivity index (χ0) is 22.2. The van der Waals surface area contributed by atoms with Crippen molar-refractivity contribution in [2.75, 3.05) is 27.4 Å². The minimum atomic E-state index is 0.618. The van der Waals surface area contributed by atoms with Gasteiger partial charge < -0.3 is 18.9 Å². The molecule has 0 spiro atoms. The Morgan fingerprint density at radius 1 is 0.742 bits per heavy atom. The Morgan fingerprint density at radius 2 is 1.29 bits per heavy atom. The van der Waals surface area contributed by atoms with Gasteiger partial charge in [0.1, 0.15) is 11.5 Å². The van der Waals surface area contributed by atoms with Gasteiger partial charge in [-0.15, -0.1) is 0 Å². The fourth-order valence-corrected chi connectivity index (χ4v) is 3.06. The highest BCUT2D eigenvalue weighted by molar-refractivity contribution is 5.27. The van der Waals surface area contributed by atoms with Crippen molar-refractivity contribution in [3.63, 3.8) is 0 Å². The molecule has 2 aromatic carbocycles.